The van der Waals surface area contributed by atoms with Gasteiger partial charge in [-0.05, 0) is 37.0 Å². The summed E-state index contributed by atoms with van der Waals surface area (Å²) in [5, 5.41) is 5.82. The molecule has 2 amide bonds. The van der Waals surface area contributed by atoms with Crippen molar-refractivity contribution in [1.29, 1.82) is 0 Å². The fraction of sp³-hybridized carbons (Fsp3) is 0.348. The van der Waals surface area contributed by atoms with Crippen LogP contribution in [-0.2, 0) is 4.79 Å². The van der Waals surface area contributed by atoms with Crippen LogP contribution in [0.1, 0.15) is 43.6 Å². The molecule has 1 aliphatic rings. The lowest BCUT2D eigenvalue weighted by Gasteiger charge is -2.13. The maximum atomic E-state index is 12.6. The molecule has 4 rings (SSSR count). The molecule has 3 aromatic rings. The average molecular weight is 423 g/mol. The Balaban J connectivity index is 1.49. The standard InChI is InChI=1S/C23H26N4O2S/c1-15(2)10-21(28)25-18-7-5-6-16(11-18)22-26-20(14-30-22)17-12-19(24-13-17)23(29)27-8-3-4-9-27/h5-7,11-15,24H,3-4,8-10H2,1-2H3,(H,25,28). The van der Waals surface area contributed by atoms with E-state index in [9.17, 15) is 9.59 Å². The molecule has 1 fully saturated rings. The molecule has 6 nitrogen and oxygen atoms in total. The van der Waals surface area contributed by atoms with Crippen molar-refractivity contribution in [3.05, 3.63) is 47.6 Å². The lowest BCUT2D eigenvalue weighted by atomic mass is 10.1. The van der Waals surface area contributed by atoms with Crippen molar-refractivity contribution in [1.82, 2.24) is 14.9 Å². The van der Waals surface area contributed by atoms with E-state index in [0.717, 1.165) is 53.4 Å². The second kappa shape index (κ2) is 8.83. The fourth-order valence-electron chi connectivity index (χ4n) is 3.61. The molecule has 1 aromatic carbocycles. The first-order chi connectivity index (χ1) is 14.5. The van der Waals surface area contributed by atoms with Gasteiger partial charge in [-0.2, -0.15) is 0 Å². The third-order valence-corrected chi connectivity index (χ3v) is 5.98. The van der Waals surface area contributed by atoms with Gasteiger partial charge in [-0.15, -0.1) is 11.3 Å². The lowest BCUT2D eigenvalue weighted by molar-refractivity contribution is -0.116. The Hall–Kier alpha value is -2.93. The normalized spacial score (nSPS) is 13.8. The number of nitrogens with one attached hydrogen (secondary N) is 2. The Labute approximate surface area is 180 Å². The molecule has 3 heterocycles. The largest absolute Gasteiger partial charge is 0.357 e. The van der Waals surface area contributed by atoms with Crippen LogP contribution < -0.4 is 5.32 Å². The number of hydrogen-bond acceptors (Lipinski definition) is 4. The number of aromatic nitrogens is 2. The predicted molar refractivity (Wildman–Crippen MR) is 121 cm³/mol. The number of nitrogens with zero attached hydrogens (tertiary/aromatic N) is 2. The topological polar surface area (TPSA) is 78.1 Å². The smallest absolute Gasteiger partial charge is 0.270 e. The number of rotatable bonds is 6. The average Bonchev–Trinajstić information content (AvgIpc) is 3.48. The molecule has 0 unspecified atom stereocenters. The van der Waals surface area contributed by atoms with Crippen molar-refractivity contribution in [2.75, 3.05) is 18.4 Å². The number of likely N-dealkylation sites (tertiary alicyclic amines) is 1. The van der Waals surface area contributed by atoms with E-state index in [1.54, 1.807) is 11.3 Å². The Kier molecular flexibility index (Phi) is 5.99. The molecule has 1 aliphatic heterocycles. The Morgan fingerprint density at radius 2 is 2.00 bits per heavy atom. The molecule has 2 N–H and O–H groups in total. The first-order valence-corrected chi connectivity index (χ1v) is 11.2. The zero-order valence-corrected chi connectivity index (χ0v) is 18.1. The molecule has 30 heavy (non-hydrogen) atoms. The minimum atomic E-state index is 0.0181. The molecule has 156 valence electrons. The van der Waals surface area contributed by atoms with E-state index in [0.29, 0.717) is 18.0 Å². The number of H-pyrrole nitrogens is 1. The van der Waals surface area contributed by atoms with Crippen LogP contribution in [-0.4, -0.2) is 39.8 Å². The van der Waals surface area contributed by atoms with Gasteiger partial charge >= 0.3 is 0 Å². The molecule has 0 spiro atoms. The van der Waals surface area contributed by atoms with E-state index in [1.807, 2.05) is 60.7 Å². The minimum Gasteiger partial charge on any atom is -0.357 e. The van der Waals surface area contributed by atoms with Crippen molar-refractivity contribution in [2.45, 2.75) is 33.1 Å². The Morgan fingerprint density at radius 1 is 1.20 bits per heavy atom. The van der Waals surface area contributed by atoms with Gasteiger partial charge in [0.1, 0.15) is 10.7 Å². The van der Waals surface area contributed by atoms with Crippen LogP contribution in [0.5, 0.6) is 0 Å². The summed E-state index contributed by atoms with van der Waals surface area (Å²) in [6.45, 7) is 5.71. The van der Waals surface area contributed by atoms with Crippen LogP contribution in [0.3, 0.4) is 0 Å². The van der Waals surface area contributed by atoms with Crippen molar-refractivity contribution < 1.29 is 9.59 Å². The summed E-state index contributed by atoms with van der Waals surface area (Å²) in [7, 11) is 0. The highest BCUT2D eigenvalue weighted by molar-refractivity contribution is 7.13. The van der Waals surface area contributed by atoms with Crippen LogP contribution in [0.25, 0.3) is 21.8 Å². The minimum absolute atomic E-state index is 0.0181. The number of carbonyl (C=O) groups is 2. The Morgan fingerprint density at radius 3 is 2.77 bits per heavy atom. The van der Waals surface area contributed by atoms with E-state index in [1.165, 1.54) is 0 Å². The molecule has 0 saturated carbocycles. The maximum absolute atomic E-state index is 12.6. The number of anilines is 1. The predicted octanol–water partition coefficient (Wildman–Crippen LogP) is 5.03. The van der Waals surface area contributed by atoms with Crippen LogP contribution in [0.4, 0.5) is 5.69 Å². The van der Waals surface area contributed by atoms with E-state index < -0.39 is 0 Å². The SMILES string of the molecule is CC(C)CC(=O)Nc1cccc(-c2nc(-c3c[nH]c(C(=O)N4CCCC4)c3)cs2)c1. The van der Waals surface area contributed by atoms with E-state index >= 15 is 0 Å². The Bertz CT molecular complexity index is 1050. The maximum Gasteiger partial charge on any atom is 0.270 e. The number of carbonyl (C=O) groups excluding carboxylic acids is 2. The van der Waals surface area contributed by atoms with Gasteiger partial charge in [-0.3, -0.25) is 9.59 Å². The summed E-state index contributed by atoms with van der Waals surface area (Å²) in [5.74, 6) is 0.391. The molecule has 1 saturated heterocycles. The van der Waals surface area contributed by atoms with Gasteiger partial charge in [-0.1, -0.05) is 26.0 Å². The summed E-state index contributed by atoms with van der Waals surface area (Å²) < 4.78 is 0. The van der Waals surface area contributed by atoms with E-state index in [-0.39, 0.29) is 11.8 Å². The first-order valence-electron chi connectivity index (χ1n) is 10.3. The lowest BCUT2D eigenvalue weighted by Crippen LogP contribution is -2.27. The van der Waals surface area contributed by atoms with Gasteiger partial charge in [0.2, 0.25) is 5.91 Å². The van der Waals surface area contributed by atoms with Gasteiger partial charge < -0.3 is 15.2 Å². The molecule has 0 radical (unpaired) electrons. The van der Waals surface area contributed by atoms with Gasteiger partial charge in [0.25, 0.3) is 5.91 Å². The van der Waals surface area contributed by atoms with Crippen LogP contribution in [0.15, 0.2) is 41.9 Å². The molecular weight excluding hydrogens is 396 g/mol. The highest BCUT2D eigenvalue weighted by Crippen LogP contribution is 2.31. The van der Waals surface area contributed by atoms with E-state index in [2.05, 4.69) is 10.3 Å². The number of thiazole rings is 1. The highest BCUT2D eigenvalue weighted by atomic mass is 32.1. The monoisotopic (exact) mass is 422 g/mol. The molecular formula is C23H26N4O2S. The number of aromatic amines is 1. The first kappa shape index (κ1) is 20.3. The van der Waals surface area contributed by atoms with Crippen molar-refractivity contribution in [3.63, 3.8) is 0 Å². The summed E-state index contributed by atoms with van der Waals surface area (Å²) in [6.07, 6.45) is 4.49. The quantitative estimate of drug-likeness (QED) is 0.585. The third kappa shape index (κ3) is 4.62. The summed E-state index contributed by atoms with van der Waals surface area (Å²) in [6, 6.07) is 9.62. The number of hydrogen-bond donors (Lipinski definition) is 2. The third-order valence-electron chi connectivity index (χ3n) is 5.09. The number of amides is 2. The zero-order chi connectivity index (χ0) is 21.1. The summed E-state index contributed by atoms with van der Waals surface area (Å²) >= 11 is 1.55. The van der Waals surface area contributed by atoms with Crippen molar-refractivity contribution >= 4 is 28.8 Å². The molecule has 2 aromatic heterocycles. The van der Waals surface area contributed by atoms with Crippen molar-refractivity contribution in [2.24, 2.45) is 5.92 Å². The molecule has 0 atom stereocenters. The summed E-state index contributed by atoms with van der Waals surface area (Å²) in [5.41, 5.74) is 4.08. The second-order valence-electron chi connectivity index (χ2n) is 8.07. The van der Waals surface area contributed by atoms with E-state index in [4.69, 9.17) is 4.98 Å². The van der Waals surface area contributed by atoms with Gasteiger partial charge in [-0.25, -0.2) is 4.98 Å². The van der Waals surface area contributed by atoms with Crippen molar-refractivity contribution in [3.8, 4) is 21.8 Å². The molecule has 7 heteroatoms. The second-order valence-corrected chi connectivity index (χ2v) is 8.92. The molecule has 0 bridgehead atoms. The number of benzene rings is 1. The van der Waals surface area contributed by atoms with Gasteiger partial charge in [0, 0.05) is 47.9 Å². The fourth-order valence-corrected chi connectivity index (χ4v) is 4.43. The highest BCUT2D eigenvalue weighted by Gasteiger charge is 2.21. The van der Waals surface area contributed by atoms with Crippen LogP contribution in [0, 0.1) is 5.92 Å². The molecule has 0 aliphatic carbocycles. The van der Waals surface area contributed by atoms with Gasteiger partial charge in [0.05, 0.1) is 5.69 Å². The van der Waals surface area contributed by atoms with Crippen LogP contribution >= 0.6 is 11.3 Å². The summed E-state index contributed by atoms with van der Waals surface area (Å²) in [4.78, 5) is 34.3. The van der Waals surface area contributed by atoms with Crippen LogP contribution in [0.2, 0.25) is 0 Å². The zero-order valence-electron chi connectivity index (χ0n) is 17.3. The van der Waals surface area contributed by atoms with Gasteiger partial charge in [0.15, 0.2) is 0 Å².